The lowest BCUT2D eigenvalue weighted by atomic mass is 10.1. The maximum atomic E-state index is 11.4. The number of rotatable bonds is 4. The van der Waals surface area contributed by atoms with Gasteiger partial charge in [-0.05, 0) is 45.6 Å². The van der Waals surface area contributed by atoms with Gasteiger partial charge in [0.05, 0.1) is 6.54 Å². The molecule has 3 heteroatoms. The molecule has 0 radical (unpaired) electrons. The van der Waals surface area contributed by atoms with E-state index in [4.69, 9.17) is 0 Å². The molecule has 1 aliphatic rings. The third-order valence-corrected chi connectivity index (χ3v) is 2.48. The van der Waals surface area contributed by atoms with E-state index in [0.717, 1.165) is 18.4 Å². The maximum absolute atomic E-state index is 11.4. The number of amides is 1. The minimum absolute atomic E-state index is 0.0887. The summed E-state index contributed by atoms with van der Waals surface area (Å²) in [5, 5.41) is 6.11. The zero-order valence-electron chi connectivity index (χ0n) is 9.68. The second kappa shape index (κ2) is 4.30. The fourth-order valence-electron chi connectivity index (χ4n) is 1.52. The highest BCUT2D eigenvalue weighted by atomic mass is 16.2. The number of hydrogen-bond acceptors (Lipinski definition) is 2. The van der Waals surface area contributed by atoms with Crippen LogP contribution >= 0.6 is 0 Å². The summed E-state index contributed by atoms with van der Waals surface area (Å²) in [6.45, 7) is 9.66. The predicted molar refractivity (Wildman–Crippen MR) is 58.0 cm³/mol. The minimum Gasteiger partial charge on any atom is -0.350 e. The molecule has 0 aromatic carbocycles. The summed E-state index contributed by atoms with van der Waals surface area (Å²) in [5.74, 6) is 1.75. The Morgan fingerprint density at radius 1 is 1.43 bits per heavy atom. The van der Waals surface area contributed by atoms with Crippen molar-refractivity contribution >= 4 is 5.91 Å². The van der Waals surface area contributed by atoms with Gasteiger partial charge in [-0.1, -0.05) is 6.92 Å². The van der Waals surface area contributed by atoms with Crippen molar-refractivity contribution in [2.45, 2.75) is 39.7 Å². The van der Waals surface area contributed by atoms with Crippen LogP contribution in [0, 0.1) is 11.8 Å². The molecule has 14 heavy (non-hydrogen) atoms. The third kappa shape index (κ3) is 4.61. The number of hydrogen-bond donors (Lipinski definition) is 2. The van der Waals surface area contributed by atoms with Gasteiger partial charge in [0.1, 0.15) is 0 Å². The first-order valence-electron chi connectivity index (χ1n) is 5.40. The van der Waals surface area contributed by atoms with Crippen molar-refractivity contribution in [3.8, 4) is 0 Å². The van der Waals surface area contributed by atoms with Crippen LogP contribution in [-0.2, 0) is 4.79 Å². The van der Waals surface area contributed by atoms with Crippen molar-refractivity contribution in [3.05, 3.63) is 0 Å². The van der Waals surface area contributed by atoms with Crippen LogP contribution in [0.2, 0.25) is 0 Å². The zero-order chi connectivity index (χ0) is 10.8. The Kier molecular flexibility index (Phi) is 3.53. The first-order valence-corrected chi connectivity index (χ1v) is 5.40. The Morgan fingerprint density at radius 3 is 2.43 bits per heavy atom. The van der Waals surface area contributed by atoms with E-state index in [0.29, 0.717) is 6.54 Å². The summed E-state index contributed by atoms with van der Waals surface area (Å²) in [7, 11) is 0. The van der Waals surface area contributed by atoms with Crippen LogP contribution in [0.5, 0.6) is 0 Å². The average Bonchev–Trinajstić information content (AvgIpc) is 2.62. The van der Waals surface area contributed by atoms with Gasteiger partial charge in [-0.15, -0.1) is 0 Å². The fourth-order valence-corrected chi connectivity index (χ4v) is 1.52. The molecule has 0 spiro atoms. The predicted octanol–water partition coefficient (Wildman–Crippen LogP) is 1.15. The molecule has 82 valence electrons. The Labute approximate surface area is 86.6 Å². The van der Waals surface area contributed by atoms with Crippen LogP contribution in [0.25, 0.3) is 0 Å². The van der Waals surface area contributed by atoms with E-state index >= 15 is 0 Å². The molecular weight excluding hydrogens is 176 g/mol. The first-order chi connectivity index (χ1) is 6.38. The highest BCUT2D eigenvalue weighted by Crippen LogP contribution is 2.36. The van der Waals surface area contributed by atoms with Crippen molar-refractivity contribution < 1.29 is 4.79 Å². The number of carbonyl (C=O) groups excluding carboxylic acids is 1. The molecule has 0 aromatic rings. The normalized spacial score (nSPS) is 26.0. The summed E-state index contributed by atoms with van der Waals surface area (Å²) in [6, 6.07) is 0. The van der Waals surface area contributed by atoms with Gasteiger partial charge in [-0.25, -0.2) is 0 Å². The highest BCUT2D eigenvalue weighted by molar-refractivity contribution is 5.78. The van der Waals surface area contributed by atoms with E-state index in [1.54, 1.807) is 0 Å². The smallest absolute Gasteiger partial charge is 0.234 e. The second-order valence-electron chi connectivity index (χ2n) is 5.40. The Balaban J connectivity index is 2.03. The quantitative estimate of drug-likeness (QED) is 0.711. The molecule has 1 rings (SSSR count). The van der Waals surface area contributed by atoms with Crippen LogP contribution in [0.1, 0.15) is 34.1 Å². The molecule has 1 amide bonds. The van der Waals surface area contributed by atoms with Gasteiger partial charge >= 0.3 is 0 Å². The van der Waals surface area contributed by atoms with Gasteiger partial charge < -0.3 is 10.6 Å². The monoisotopic (exact) mass is 198 g/mol. The van der Waals surface area contributed by atoms with E-state index in [2.05, 4.69) is 17.6 Å². The molecule has 0 bridgehead atoms. The van der Waals surface area contributed by atoms with Gasteiger partial charge in [-0.3, -0.25) is 4.79 Å². The van der Waals surface area contributed by atoms with Crippen LogP contribution in [0.4, 0.5) is 0 Å². The van der Waals surface area contributed by atoms with Crippen LogP contribution < -0.4 is 10.6 Å². The van der Waals surface area contributed by atoms with E-state index in [1.807, 2.05) is 20.8 Å². The summed E-state index contributed by atoms with van der Waals surface area (Å²) in [5.41, 5.74) is -0.119. The summed E-state index contributed by atoms with van der Waals surface area (Å²) in [4.78, 5) is 11.4. The van der Waals surface area contributed by atoms with Crippen molar-refractivity contribution in [1.82, 2.24) is 10.6 Å². The van der Waals surface area contributed by atoms with Crippen LogP contribution in [0.15, 0.2) is 0 Å². The van der Waals surface area contributed by atoms with Gasteiger partial charge in [0.15, 0.2) is 0 Å². The highest BCUT2D eigenvalue weighted by Gasteiger charge is 2.31. The molecule has 0 heterocycles. The van der Waals surface area contributed by atoms with E-state index in [1.165, 1.54) is 6.42 Å². The van der Waals surface area contributed by atoms with Crippen molar-refractivity contribution in [2.75, 3.05) is 13.1 Å². The van der Waals surface area contributed by atoms with E-state index < -0.39 is 0 Å². The molecule has 0 saturated heterocycles. The SMILES string of the molecule is CC1CC1CNCC(=O)NC(C)(C)C. The topological polar surface area (TPSA) is 41.1 Å². The van der Waals surface area contributed by atoms with Crippen LogP contribution in [0.3, 0.4) is 0 Å². The Bertz CT molecular complexity index is 208. The standard InChI is InChI=1S/C11H22N2O/c1-8-5-9(8)6-12-7-10(14)13-11(2,3)4/h8-9,12H,5-7H2,1-4H3,(H,13,14). The molecule has 0 aromatic heterocycles. The van der Waals surface area contributed by atoms with Crippen molar-refractivity contribution in [3.63, 3.8) is 0 Å². The first kappa shape index (κ1) is 11.5. The summed E-state index contributed by atoms with van der Waals surface area (Å²) in [6.07, 6.45) is 1.31. The second-order valence-corrected chi connectivity index (χ2v) is 5.40. The molecule has 1 aliphatic carbocycles. The lowest BCUT2D eigenvalue weighted by Crippen LogP contribution is -2.45. The fraction of sp³-hybridized carbons (Fsp3) is 0.909. The molecule has 2 N–H and O–H groups in total. The summed E-state index contributed by atoms with van der Waals surface area (Å²) >= 11 is 0. The molecule has 1 saturated carbocycles. The lowest BCUT2D eigenvalue weighted by Gasteiger charge is -2.20. The van der Waals surface area contributed by atoms with Crippen molar-refractivity contribution in [2.24, 2.45) is 11.8 Å². The maximum Gasteiger partial charge on any atom is 0.234 e. The average molecular weight is 198 g/mol. The zero-order valence-corrected chi connectivity index (χ0v) is 9.68. The van der Waals surface area contributed by atoms with Gasteiger partial charge in [0.2, 0.25) is 5.91 Å². The van der Waals surface area contributed by atoms with Crippen LogP contribution in [-0.4, -0.2) is 24.5 Å². The van der Waals surface area contributed by atoms with E-state index in [9.17, 15) is 4.79 Å². The number of carbonyl (C=O) groups is 1. The van der Waals surface area contributed by atoms with Gasteiger partial charge in [0.25, 0.3) is 0 Å². The lowest BCUT2D eigenvalue weighted by molar-refractivity contribution is -0.121. The Morgan fingerprint density at radius 2 is 2.00 bits per heavy atom. The molecule has 2 atom stereocenters. The largest absolute Gasteiger partial charge is 0.350 e. The third-order valence-electron chi connectivity index (χ3n) is 2.48. The molecule has 3 nitrogen and oxygen atoms in total. The number of nitrogens with one attached hydrogen (secondary N) is 2. The molecule has 2 unspecified atom stereocenters. The van der Waals surface area contributed by atoms with E-state index in [-0.39, 0.29) is 11.4 Å². The molecule has 1 fully saturated rings. The van der Waals surface area contributed by atoms with Gasteiger partial charge in [0, 0.05) is 5.54 Å². The molecule has 0 aliphatic heterocycles. The van der Waals surface area contributed by atoms with Crippen molar-refractivity contribution in [1.29, 1.82) is 0 Å². The minimum atomic E-state index is -0.119. The summed E-state index contributed by atoms with van der Waals surface area (Å²) < 4.78 is 0. The van der Waals surface area contributed by atoms with Gasteiger partial charge in [-0.2, -0.15) is 0 Å². The molecular formula is C11H22N2O. The Hall–Kier alpha value is -0.570.